The van der Waals surface area contributed by atoms with Crippen molar-refractivity contribution < 1.29 is 17.9 Å². The van der Waals surface area contributed by atoms with E-state index in [2.05, 4.69) is 15.4 Å². The molecule has 182 valence electrons. The first-order chi connectivity index (χ1) is 16.1. The number of nitrogens with zero attached hydrogens (tertiary/aromatic N) is 3. The smallest absolute Gasteiger partial charge is 0.327 e. The van der Waals surface area contributed by atoms with Gasteiger partial charge in [0.25, 0.3) is 5.56 Å². The van der Waals surface area contributed by atoms with Crippen LogP contribution in [-0.2, 0) is 26.1 Å². The number of benzene rings is 1. The lowest BCUT2D eigenvalue weighted by Gasteiger charge is -2.32. The molecule has 4 rings (SSSR count). The lowest BCUT2D eigenvalue weighted by atomic mass is 10.1. The van der Waals surface area contributed by atoms with Gasteiger partial charge in [0, 0.05) is 25.5 Å². The molecule has 3 aromatic rings. The quantitative estimate of drug-likeness (QED) is 0.444. The van der Waals surface area contributed by atoms with Crippen molar-refractivity contribution in [1.29, 1.82) is 0 Å². The van der Waals surface area contributed by atoms with E-state index in [-0.39, 0.29) is 17.1 Å². The summed E-state index contributed by atoms with van der Waals surface area (Å²) in [6, 6.07) is 7.92. The van der Waals surface area contributed by atoms with E-state index < -0.39 is 21.5 Å². The predicted octanol–water partition coefficient (Wildman–Crippen LogP) is 2.84. The van der Waals surface area contributed by atoms with Gasteiger partial charge < -0.3 is 15.0 Å². The molecule has 1 fully saturated rings. The summed E-state index contributed by atoms with van der Waals surface area (Å²) in [5, 5.41) is 8.20. The summed E-state index contributed by atoms with van der Waals surface area (Å²) in [5.74, 6) is 0.363. The average molecular weight is 488 g/mol. The third-order valence-electron chi connectivity index (χ3n) is 6.14. The molecule has 2 heterocycles. The second-order valence-electron chi connectivity index (χ2n) is 8.94. The fraction of sp³-hybridized carbons (Fsp3) is 0.435. The van der Waals surface area contributed by atoms with Gasteiger partial charge in [-0.25, -0.2) is 8.42 Å². The standard InChI is InChI=1S/C23H29N5O5S/c1-5-33-22(30)23(2,3)27(4)34(31,32)17-10-8-16(9-11-17)25-20-19-18(12-13-24-21(19)29)28(26-20)14-15-6-7-15/h8-13,15H,5-7,14H2,1-4H3,(H,24,29)(H,25,26). The van der Waals surface area contributed by atoms with E-state index in [0.717, 1.165) is 29.2 Å². The molecule has 0 saturated heterocycles. The second kappa shape index (κ2) is 8.88. The lowest BCUT2D eigenvalue weighted by Crippen LogP contribution is -2.51. The Labute approximate surface area is 198 Å². The summed E-state index contributed by atoms with van der Waals surface area (Å²) in [6.45, 7) is 5.57. The van der Waals surface area contributed by atoms with Crippen LogP contribution in [0.1, 0.15) is 33.6 Å². The number of hydrogen-bond donors (Lipinski definition) is 2. The number of nitrogens with one attached hydrogen (secondary N) is 2. The summed E-state index contributed by atoms with van der Waals surface area (Å²) in [4.78, 5) is 27.5. The number of rotatable bonds is 9. The average Bonchev–Trinajstić information content (AvgIpc) is 3.55. The number of likely N-dealkylation sites (N-methyl/N-ethyl adjacent to an activating group) is 1. The highest BCUT2D eigenvalue weighted by Gasteiger charge is 2.41. The highest BCUT2D eigenvalue weighted by atomic mass is 32.2. The number of carbonyl (C=O) groups excluding carboxylic acids is 1. The highest BCUT2D eigenvalue weighted by Crippen LogP contribution is 2.33. The van der Waals surface area contributed by atoms with E-state index in [1.807, 2.05) is 10.7 Å². The Bertz CT molecular complexity index is 1370. The van der Waals surface area contributed by atoms with Gasteiger partial charge in [0.15, 0.2) is 5.82 Å². The number of H-pyrrole nitrogens is 1. The van der Waals surface area contributed by atoms with Crippen LogP contribution < -0.4 is 10.9 Å². The van der Waals surface area contributed by atoms with E-state index in [1.165, 1.54) is 33.0 Å². The molecule has 10 nitrogen and oxygen atoms in total. The summed E-state index contributed by atoms with van der Waals surface area (Å²) in [7, 11) is -2.61. The minimum absolute atomic E-state index is 0.0277. The van der Waals surface area contributed by atoms with Gasteiger partial charge in [0.2, 0.25) is 10.0 Å². The topological polar surface area (TPSA) is 126 Å². The third kappa shape index (κ3) is 4.45. The number of hydrogen-bond acceptors (Lipinski definition) is 7. The normalized spacial score (nSPS) is 14.5. The van der Waals surface area contributed by atoms with Crippen molar-refractivity contribution in [2.75, 3.05) is 19.0 Å². The van der Waals surface area contributed by atoms with Gasteiger partial charge in [-0.05, 0) is 69.9 Å². The summed E-state index contributed by atoms with van der Waals surface area (Å²) < 4.78 is 34.1. The zero-order chi connectivity index (χ0) is 24.7. The Kier molecular flexibility index (Phi) is 6.26. The Balaban J connectivity index is 1.59. The zero-order valence-electron chi connectivity index (χ0n) is 19.7. The first-order valence-electron chi connectivity index (χ1n) is 11.2. The van der Waals surface area contributed by atoms with E-state index >= 15 is 0 Å². The molecule has 0 atom stereocenters. The van der Waals surface area contributed by atoms with E-state index in [1.54, 1.807) is 25.3 Å². The molecule has 1 saturated carbocycles. The number of ether oxygens (including phenoxy) is 1. The number of aromatic amines is 1. The van der Waals surface area contributed by atoms with Crippen molar-refractivity contribution in [1.82, 2.24) is 19.1 Å². The molecule has 0 bridgehead atoms. The fourth-order valence-electron chi connectivity index (χ4n) is 3.65. The van der Waals surface area contributed by atoms with Gasteiger partial charge in [-0.1, -0.05) is 0 Å². The van der Waals surface area contributed by atoms with E-state index in [9.17, 15) is 18.0 Å². The molecule has 1 aromatic carbocycles. The van der Waals surface area contributed by atoms with Crippen LogP contribution in [0.15, 0.2) is 46.2 Å². The minimum atomic E-state index is -3.96. The molecule has 2 aromatic heterocycles. The first kappa shape index (κ1) is 24.0. The van der Waals surface area contributed by atoms with Gasteiger partial charge in [-0.3, -0.25) is 14.3 Å². The van der Waals surface area contributed by atoms with Crippen LogP contribution in [0, 0.1) is 5.92 Å². The van der Waals surface area contributed by atoms with E-state index in [4.69, 9.17) is 4.74 Å². The molecular weight excluding hydrogens is 458 g/mol. The summed E-state index contributed by atoms with van der Waals surface area (Å²) in [5.41, 5.74) is -0.295. The first-order valence-corrected chi connectivity index (χ1v) is 12.6. The number of pyridine rings is 1. The summed E-state index contributed by atoms with van der Waals surface area (Å²) >= 11 is 0. The molecule has 0 unspecified atom stereocenters. The van der Waals surface area contributed by atoms with Crippen molar-refractivity contribution in [3.05, 3.63) is 46.9 Å². The number of esters is 1. The van der Waals surface area contributed by atoms with Crippen molar-refractivity contribution in [3.8, 4) is 0 Å². The molecule has 1 aliphatic rings. The number of fused-ring (bicyclic) bond motifs is 1. The Morgan fingerprint density at radius 1 is 1.26 bits per heavy atom. The zero-order valence-corrected chi connectivity index (χ0v) is 20.5. The monoisotopic (exact) mass is 487 g/mol. The van der Waals surface area contributed by atoms with Crippen molar-refractivity contribution in [2.24, 2.45) is 5.92 Å². The molecule has 0 spiro atoms. The van der Waals surface area contributed by atoms with Crippen molar-refractivity contribution in [3.63, 3.8) is 0 Å². The number of anilines is 2. The van der Waals surface area contributed by atoms with Crippen LogP contribution in [0.5, 0.6) is 0 Å². The minimum Gasteiger partial charge on any atom is -0.465 e. The van der Waals surface area contributed by atoms with Gasteiger partial charge in [-0.15, -0.1) is 0 Å². The Hall–Kier alpha value is -3.18. The van der Waals surface area contributed by atoms with Gasteiger partial charge >= 0.3 is 5.97 Å². The van der Waals surface area contributed by atoms with Gasteiger partial charge in [0.05, 0.1) is 17.0 Å². The van der Waals surface area contributed by atoms with Crippen LogP contribution in [0.2, 0.25) is 0 Å². The largest absolute Gasteiger partial charge is 0.465 e. The number of carbonyl (C=O) groups is 1. The maximum Gasteiger partial charge on any atom is 0.327 e. The third-order valence-corrected chi connectivity index (χ3v) is 8.19. The number of aromatic nitrogens is 3. The Morgan fingerprint density at radius 2 is 1.94 bits per heavy atom. The van der Waals surface area contributed by atoms with Crippen LogP contribution in [-0.4, -0.2) is 52.7 Å². The maximum atomic E-state index is 13.1. The molecule has 0 radical (unpaired) electrons. The highest BCUT2D eigenvalue weighted by molar-refractivity contribution is 7.89. The van der Waals surface area contributed by atoms with E-state index in [0.29, 0.717) is 22.8 Å². The lowest BCUT2D eigenvalue weighted by molar-refractivity contribution is -0.152. The van der Waals surface area contributed by atoms with Crippen molar-refractivity contribution >= 4 is 38.4 Å². The molecule has 2 N–H and O–H groups in total. The van der Waals surface area contributed by atoms with Crippen molar-refractivity contribution in [2.45, 2.75) is 50.6 Å². The van der Waals surface area contributed by atoms with Crippen LogP contribution in [0.25, 0.3) is 10.9 Å². The Morgan fingerprint density at radius 3 is 2.56 bits per heavy atom. The molecular formula is C23H29N5O5S. The number of sulfonamides is 1. The predicted molar refractivity (Wildman–Crippen MR) is 128 cm³/mol. The molecule has 11 heteroatoms. The molecule has 1 aliphatic carbocycles. The second-order valence-corrected chi connectivity index (χ2v) is 10.9. The van der Waals surface area contributed by atoms with Crippen LogP contribution >= 0.6 is 0 Å². The fourth-order valence-corrected chi connectivity index (χ4v) is 5.12. The van der Waals surface area contributed by atoms with Crippen LogP contribution in [0.3, 0.4) is 0 Å². The summed E-state index contributed by atoms with van der Waals surface area (Å²) in [6.07, 6.45) is 3.92. The van der Waals surface area contributed by atoms with Crippen LogP contribution in [0.4, 0.5) is 11.5 Å². The molecule has 0 aliphatic heterocycles. The molecule has 34 heavy (non-hydrogen) atoms. The van der Waals surface area contributed by atoms with Gasteiger partial charge in [-0.2, -0.15) is 9.40 Å². The molecule has 0 amide bonds. The van der Waals surface area contributed by atoms with Gasteiger partial charge in [0.1, 0.15) is 10.9 Å². The SMILES string of the molecule is CCOC(=O)C(C)(C)N(C)S(=O)(=O)c1ccc(Nc2nn(CC3CC3)c3cc[nH]c(=O)c23)cc1. The maximum absolute atomic E-state index is 13.1.